The third-order valence-electron chi connectivity index (χ3n) is 3.03. The fraction of sp³-hybridized carbons (Fsp3) is 0.562. The highest BCUT2D eigenvalue weighted by molar-refractivity contribution is 5.83. The van der Waals surface area contributed by atoms with Gasteiger partial charge in [-0.2, -0.15) is 0 Å². The first kappa shape index (κ1) is 16.6. The van der Waals surface area contributed by atoms with Gasteiger partial charge < -0.3 is 10.1 Å². The van der Waals surface area contributed by atoms with Gasteiger partial charge in [-0.3, -0.25) is 4.79 Å². The van der Waals surface area contributed by atoms with Gasteiger partial charge in [0.15, 0.2) is 0 Å². The van der Waals surface area contributed by atoms with E-state index in [2.05, 4.69) is 5.32 Å². The lowest BCUT2D eigenvalue weighted by molar-refractivity contribution is -0.123. The quantitative estimate of drug-likeness (QED) is 0.780. The van der Waals surface area contributed by atoms with Crippen LogP contribution in [-0.4, -0.2) is 25.2 Å². The molecule has 3 nitrogen and oxygen atoms in total. The predicted molar refractivity (Wildman–Crippen MR) is 78.1 cm³/mol. The molecule has 0 saturated heterocycles. The number of carbonyl (C=O) groups is 1. The first-order chi connectivity index (χ1) is 9.41. The van der Waals surface area contributed by atoms with Crippen LogP contribution in [0.1, 0.15) is 39.2 Å². The second kappa shape index (κ2) is 8.00. The van der Waals surface area contributed by atoms with Crippen LogP contribution < -0.4 is 5.32 Å². The van der Waals surface area contributed by atoms with Crippen LogP contribution in [0.15, 0.2) is 24.3 Å². The Labute approximate surface area is 120 Å². The van der Waals surface area contributed by atoms with Crippen molar-refractivity contribution in [3.63, 3.8) is 0 Å². The average molecular weight is 281 g/mol. The molecule has 0 spiro atoms. The van der Waals surface area contributed by atoms with Crippen molar-refractivity contribution in [2.24, 2.45) is 5.92 Å². The fourth-order valence-corrected chi connectivity index (χ4v) is 2.09. The highest BCUT2D eigenvalue weighted by atomic mass is 19.1. The molecular formula is C16H24FNO2. The smallest absolute Gasteiger partial charge is 0.227 e. The number of rotatable bonds is 7. The molecule has 1 unspecified atom stereocenters. The topological polar surface area (TPSA) is 38.3 Å². The van der Waals surface area contributed by atoms with E-state index in [9.17, 15) is 9.18 Å². The molecule has 1 atom stereocenters. The van der Waals surface area contributed by atoms with Crippen molar-refractivity contribution in [2.75, 3.05) is 13.2 Å². The number of ether oxygens (including phenoxy) is 1. The molecule has 1 aromatic carbocycles. The summed E-state index contributed by atoms with van der Waals surface area (Å²) in [5.74, 6) is -0.456. The van der Waals surface area contributed by atoms with Crippen LogP contribution in [0.25, 0.3) is 0 Å². The van der Waals surface area contributed by atoms with E-state index in [4.69, 9.17) is 4.74 Å². The van der Waals surface area contributed by atoms with Gasteiger partial charge in [0.05, 0.1) is 18.6 Å². The molecule has 0 radical (unpaired) electrons. The van der Waals surface area contributed by atoms with Gasteiger partial charge >= 0.3 is 0 Å². The maximum absolute atomic E-state index is 13.0. The van der Waals surface area contributed by atoms with E-state index in [0.717, 1.165) is 5.56 Å². The van der Waals surface area contributed by atoms with Gasteiger partial charge in [0.1, 0.15) is 5.82 Å². The van der Waals surface area contributed by atoms with Crippen LogP contribution in [0.5, 0.6) is 0 Å². The third-order valence-corrected chi connectivity index (χ3v) is 3.03. The molecule has 1 aromatic rings. The van der Waals surface area contributed by atoms with Crippen LogP contribution in [0.4, 0.5) is 4.39 Å². The minimum atomic E-state index is -0.290. The van der Waals surface area contributed by atoms with E-state index in [1.807, 2.05) is 27.7 Å². The molecule has 0 fully saturated rings. The van der Waals surface area contributed by atoms with E-state index < -0.39 is 0 Å². The minimum absolute atomic E-state index is 0.0426. The Bertz CT molecular complexity index is 415. The third kappa shape index (κ3) is 5.29. The fourth-order valence-electron chi connectivity index (χ4n) is 2.09. The highest BCUT2D eigenvalue weighted by Crippen LogP contribution is 2.24. The molecule has 4 heteroatoms. The molecule has 1 rings (SSSR count). The Morgan fingerprint density at radius 3 is 2.30 bits per heavy atom. The number of hydrogen-bond acceptors (Lipinski definition) is 2. The molecular weight excluding hydrogens is 257 g/mol. The van der Waals surface area contributed by atoms with Crippen molar-refractivity contribution >= 4 is 5.91 Å². The number of carbonyl (C=O) groups excluding carboxylic acids is 1. The normalized spacial score (nSPS) is 12.8. The Hall–Kier alpha value is -1.42. The van der Waals surface area contributed by atoms with E-state index in [1.165, 1.54) is 12.1 Å². The summed E-state index contributed by atoms with van der Waals surface area (Å²) in [6.45, 7) is 8.87. The summed E-state index contributed by atoms with van der Waals surface area (Å²) in [7, 11) is 0. The Balaban J connectivity index is 2.62. The second-order valence-corrected chi connectivity index (χ2v) is 5.48. The predicted octanol–water partition coefficient (Wildman–Crippen LogP) is 3.11. The second-order valence-electron chi connectivity index (χ2n) is 5.48. The van der Waals surface area contributed by atoms with E-state index in [-0.39, 0.29) is 29.7 Å². The monoisotopic (exact) mass is 281 g/mol. The summed E-state index contributed by atoms with van der Waals surface area (Å²) in [6, 6.07) is 6.12. The summed E-state index contributed by atoms with van der Waals surface area (Å²) in [4.78, 5) is 12.3. The zero-order valence-electron chi connectivity index (χ0n) is 12.7. The molecule has 1 amide bonds. The van der Waals surface area contributed by atoms with Gasteiger partial charge in [0, 0.05) is 6.54 Å². The molecule has 0 bridgehead atoms. The van der Waals surface area contributed by atoms with Gasteiger partial charge in [-0.05, 0) is 37.5 Å². The van der Waals surface area contributed by atoms with Crippen LogP contribution in [0.2, 0.25) is 0 Å². The zero-order chi connectivity index (χ0) is 15.1. The van der Waals surface area contributed by atoms with Crippen LogP contribution in [0.3, 0.4) is 0 Å². The van der Waals surface area contributed by atoms with Gasteiger partial charge in [0.2, 0.25) is 5.91 Å². The van der Waals surface area contributed by atoms with Crippen molar-refractivity contribution in [1.82, 2.24) is 5.32 Å². The van der Waals surface area contributed by atoms with Crippen molar-refractivity contribution in [3.05, 3.63) is 35.6 Å². The summed E-state index contributed by atoms with van der Waals surface area (Å²) < 4.78 is 18.3. The molecule has 0 aromatic heterocycles. The number of halogens is 1. The lowest BCUT2D eigenvalue weighted by atomic mass is 9.87. The van der Waals surface area contributed by atoms with Gasteiger partial charge in [-0.15, -0.1) is 0 Å². The number of nitrogens with one attached hydrogen (secondary N) is 1. The molecule has 1 N–H and O–H groups in total. The zero-order valence-corrected chi connectivity index (χ0v) is 12.7. The van der Waals surface area contributed by atoms with Gasteiger partial charge in [-0.25, -0.2) is 4.39 Å². The van der Waals surface area contributed by atoms with Crippen LogP contribution >= 0.6 is 0 Å². The van der Waals surface area contributed by atoms with E-state index in [0.29, 0.717) is 13.2 Å². The molecule has 112 valence electrons. The van der Waals surface area contributed by atoms with Crippen LogP contribution in [0, 0.1) is 11.7 Å². The Kier molecular flexibility index (Phi) is 6.65. The number of hydrogen-bond donors (Lipinski definition) is 1. The largest absolute Gasteiger partial charge is 0.377 e. The SMILES string of the molecule is CC(C)OCCNC(=O)C(c1ccc(F)cc1)C(C)C. The molecule has 0 heterocycles. The summed E-state index contributed by atoms with van der Waals surface area (Å²) in [5, 5.41) is 2.87. The average Bonchev–Trinajstić information content (AvgIpc) is 2.36. The summed E-state index contributed by atoms with van der Waals surface area (Å²) >= 11 is 0. The van der Waals surface area contributed by atoms with Crippen LogP contribution in [-0.2, 0) is 9.53 Å². The minimum Gasteiger partial charge on any atom is -0.377 e. The standard InChI is InChI=1S/C16H24FNO2/c1-11(2)15(13-5-7-14(17)8-6-13)16(19)18-9-10-20-12(3)4/h5-8,11-12,15H,9-10H2,1-4H3,(H,18,19). The summed E-state index contributed by atoms with van der Waals surface area (Å²) in [6.07, 6.45) is 0.157. The Morgan fingerprint density at radius 1 is 1.20 bits per heavy atom. The molecule has 0 aliphatic carbocycles. The van der Waals surface area contributed by atoms with Crippen molar-refractivity contribution in [3.8, 4) is 0 Å². The number of amides is 1. The molecule has 0 aliphatic heterocycles. The maximum atomic E-state index is 13.0. The number of benzene rings is 1. The molecule has 0 aliphatic rings. The summed E-state index contributed by atoms with van der Waals surface area (Å²) in [5.41, 5.74) is 0.837. The maximum Gasteiger partial charge on any atom is 0.227 e. The van der Waals surface area contributed by atoms with Crippen molar-refractivity contribution in [1.29, 1.82) is 0 Å². The van der Waals surface area contributed by atoms with Crippen molar-refractivity contribution in [2.45, 2.75) is 39.7 Å². The van der Waals surface area contributed by atoms with E-state index in [1.54, 1.807) is 12.1 Å². The van der Waals surface area contributed by atoms with Gasteiger partial charge in [0.25, 0.3) is 0 Å². The Morgan fingerprint density at radius 2 is 1.80 bits per heavy atom. The first-order valence-electron chi connectivity index (χ1n) is 7.06. The molecule has 20 heavy (non-hydrogen) atoms. The van der Waals surface area contributed by atoms with Gasteiger partial charge in [-0.1, -0.05) is 26.0 Å². The van der Waals surface area contributed by atoms with Crippen molar-refractivity contribution < 1.29 is 13.9 Å². The lowest BCUT2D eigenvalue weighted by Gasteiger charge is -2.21. The first-order valence-corrected chi connectivity index (χ1v) is 7.06. The van der Waals surface area contributed by atoms with E-state index >= 15 is 0 Å². The lowest BCUT2D eigenvalue weighted by Crippen LogP contribution is -2.34. The molecule has 0 saturated carbocycles. The highest BCUT2D eigenvalue weighted by Gasteiger charge is 2.23.